The monoisotopic (exact) mass is 239 g/mol. The molecule has 0 fully saturated rings. The van der Waals surface area contributed by atoms with Crippen molar-refractivity contribution in [2.75, 3.05) is 0 Å². The van der Waals surface area contributed by atoms with Gasteiger partial charge in [-0.05, 0) is 0 Å². The van der Waals surface area contributed by atoms with Crippen molar-refractivity contribution < 1.29 is 37.0 Å². The van der Waals surface area contributed by atoms with E-state index in [0.717, 1.165) is 0 Å². The van der Waals surface area contributed by atoms with Crippen LogP contribution in [0.3, 0.4) is 0 Å². The van der Waals surface area contributed by atoms with Crippen LogP contribution in [-0.4, -0.2) is 17.5 Å². The summed E-state index contributed by atoms with van der Waals surface area (Å²) in [4.78, 5) is 0. The van der Waals surface area contributed by atoms with E-state index in [0.29, 0.717) is 0 Å². The van der Waals surface area contributed by atoms with E-state index in [1.165, 1.54) is 0 Å². The minimum absolute atomic E-state index is 0. The number of rotatable bonds is 0. The predicted molar refractivity (Wildman–Crippen MR) is 39.5 cm³/mol. The summed E-state index contributed by atoms with van der Waals surface area (Å²) in [6.07, 6.45) is 0. The fourth-order valence-corrected chi connectivity index (χ4v) is 0.342. The summed E-state index contributed by atoms with van der Waals surface area (Å²) in [5.74, 6) is 0. The number of hydrogen-bond acceptors (Lipinski definition) is 2. The second-order valence-electron chi connectivity index (χ2n) is 1.53. The van der Waals surface area contributed by atoms with Crippen LogP contribution in [-0.2, 0) is 29.9 Å². The second-order valence-corrected chi connectivity index (χ2v) is 2.42. The molecule has 1 aromatic carbocycles. The van der Waals surface area contributed by atoms with Gasteiger partial charge in [0.2, 0.25) is 0 Å². The third-order valence-electron chi connectivity index (χ3n) is 0.607. The maximum Gasteiger partial charge on any atom is 0.394 e. The first kappa shape index (κ1) is 14.2. The van der Waals surface area contributed by atoms with Crippen LogP contribution in [0.5, 0.6) is 0 Å². The second kappa shape index (κ2) is 7.37. The molecule has 0 aliphatic heterocycles. The van der Waals surface area contributed by atoms with Gasteiger partial charge >= 0.3 is 10.4 Å². The Morgan fingerprint density at radius 1 is 1.00 bits per heavy atom. The fraction of sp³-hybridized carbons (Fsp3) is 0. The van der Waals surface area contributed by atoms with Crippen molar-refractivity contribution in [1.29, 1.82) is 0 Å². The van der Waals surface area contributed by atoms with Crippen LogP contribution in [0.1, 0.15) is 0 Å². The zero-order valence-corrected chi connectivity index (χ0v) is 10.00. The maximum absolute atomic E-state index is 8.74. The smallest absolute Gasteiger partial charge is 0.264 e. The first-order valence-corrected chi connectivity index (χ1v) is 4.01. The molecule has 64 valence electrons. The minimum Gasteiger partial charge on any atom is -0.264 e. The zero-order chi connectivity index (χ0) is 8.74. The van der Waals surface area contributed by atoms with Crippen LogP contribution in [0.15, 0.2) is 30.3 Å². The normalized spacial score (nSPS) is 8.83. The van der Waals surface area contributed by atoms with Gasteiger partial charge in [0.05, 0.1) is 0 Å². The van der Waals surface area contributed by atoms with Gasteiger partial charge in [0.1, 0.15) is 0 Å². The van der Waals surface area contributed by atoms with Crippen molar-refractivity contribution in [3.8, 4) is 0 Å². The van der Waals surface area contributed by atoms with E-state index in [-0.39, 0.29) is 19.5 Å². The predicted octanol–water partition coefficient (Wildman–Crippen LogP) is 0.831. The summed E-state index contributed by atoms with van der Waals surface area (Å²) in [5, 5.41) is 0. The van der Waals surface area contributed by atoms with Crippen LogP contribution in [0, 0.1) is 6.07 Å². The molecule has 0 heterocycles. The average molecular weight is 241 g/mol. The van der Waals surface area contributed by atoms with Gasteiger partial charge in [-0.3, -0.25) is 9.11 Å². The molecule has 1 rings (SSSR count). The first-order chi connectivity index (χ1) is 5.00. The molecule has 0 spiro atoms. The Morgan fingerprint density at radius 3 is 1.42 bits per heavy atom. The quantitative estimate of drug-likeness (QED) is 0.400. The summed E-state index contributed by atoms with van der Waals surface area (Å²) in [6.45, 7) is 0. The zero-order valence-electron chi connectivity index (χ0n) is 6.21. The molecule has 0 unspecified atom stereocenters. The van der Waals surface area contributed by atoms with Crippen LogP contribution in [0.4, 0.5) is 0 Å². The van der Waals surface area contributed by atoms with E-state index in [4.69, 9.17) is 17.5 Å². The van der Waals surface area contributed by atoms with E-state index in [2.05, 4.69) is 6.07 Å². The first-order valence-electron chi connectivity index (χ1n) is 2.61. The molecule has 0 aliphatic rings. The van der Waals surface area contributed by atoms with Crippen LogP contribution in [0.2, 0.25) is 0 Å². The molecule has 12 heavy (non-hydrogen) atoms. The Kier molecular flexibility index (Phi) is 8.75. The molecule has 0 radical (unpaired) electrons. The summed E-state index contributed by atoms with van der Waals surface area (Å²) >= 11 is 0. The van der Waals surface area contributed by atoms with E-state index in [1.54, 1.807) is 0 Å². The molecule has 0 aliphatic carbocycles. The Balaban J connectivity index is 0. The van der Waals surface area contributed by atoms with Crippen molar-refractivity contribution in [1.82, 2.24) is 0 Å². The third kappa shape index (κ3) is 22.6. The largest absolute Gasteiger partial charge is 0.394 e. The van der Waals surface area contributed by atoms with Gasteiger partial charge in [-0.2, -0.15) is 44.8 Å². The summed E-state index contributed by atoms with van der Waals surface area (Å²) < 4.78 is 31.6. The van der Waals surface area contributed by atoms with Crippen molar-refractivity contribution in [2.45, 2.75) is 0 Å². The molecule has 0 saturated heterocycles. The topological polar surface area (TPSA) is 74.6 Å². The van der Waals surface area contributed by atoms with Crippen molar-refractivity contribution >= 4 is 10.4 Å². The average Bonchev–Trinajstić information content (AvgIpc) is 1.88. The Morgan fingerprint density at radius 2 is 1.33 bits per heavy atom. The van der Waals surface area contributed by atoms with Gasteiger partial charge in [0.25, 0.3) is 0 Å². The summed E-state index contributed by atoms with van der Waals surface area (Å²) in [6, 6.07) is 12.5. The van der Waals surface area contributed by atoms with Crippen LogP contribution in [0.25, 0.3) is 0 Å². The van der Waals surface area contributed by atoms with Crippen LogP contribution < -0.4 is 0 Å². The van der Waals surface area contributed by atoms with E-state index < -0.39 is 10.4 Å². The Labute approximate surface area is 84.0 Å². The molecule has 0 saturated carbocycles. The molecule has 0 aromatic heterocycles. The van der Waals surface area contributed by atoms with Gasteiger partial charge in [0.15, 0.2) is 0 Å². The van der Waals surface area contributed by atoms with Crippen molar-refractivity contribution in [2.24, 2.45) is 0 Å². The van der Waals surface area contributed by atoms with Gasteiger partial charge in [-0.25, -0.2) is 0 Å². The molecular formula is C6H7O4SZn-. The molecule has 0 amide bonds. The molecule has 0 atom stereocenters. The van der Waals surface area contributed by atoms with Gasteiger partial charge in [-0.15, -0.1) is 0 Å². The fourth-order valence-electron chi connectivity index (χ4n) is 0.342. The standard InChI is InChI=1S/C6H5.H2O4S.Zn/c1-2-4-6-5-3-1;1-5(2,3)4;/h1-5H;(H2,1,2,3,4);/q-1;;. The van der Waals surface area contributed by atoms with Crippen molar-refractivity contribution in [3.05, 3.63) is 36.4 Å². The summed E-state index contributed by atoms with van der Waals surface area (Å²) in [5.41, 5.74) is 0. The molecule has 1 aromatic rings. The number of benzene rings is 1. The molecular weight excluding hydrogens is 234 g/mol. The van der Waals surface area contributed by atoms with E-state index in [1.807, 2.05) is 30.3 Å². The van der Waals surface area contributed by atoms with Gasteiger partial charge in [0, 0.05) is 19.5 Å². The molecule has 2 N–H and O–H groups in total. The van der Waals surface area contributed by atoms with Gasteiger partial charge < -0.3 is 0 Å². The summed E-state index contributed by atoms with van der Waals surface area (Å²) in [7, 11) is -4.67. The van der Waals surface area contributed by atoms with Crippen molar-refractivity contribution in [3.63, 3.8) is 0 Å². The van der Waals surface area contributed by atoms with Gasteiger partial charge in [-0.1, -0.05) is 0 Å². The minimum atomic E-state index is -4.67. The molecule has 0 bridgehead atoms. The molecule has 6 heteroatoms. The van der Waals surface area contributed by atoms with E-state index >= 15 is 0 Å². The SMILES string of the molecule is O=S(=O)(O)O.[Zn].[c-]1ccccc1. The third-order valence-corrected chi connectivity index (χ3v) is 0.607. The maximum atomic E-state index is 8.74. The van der Waals surface area contributed by atoms with Crippen LogP contribution >= 0.6 is 0 Å². The Hall–Kier alpha value is -0.287. The Bertz CT molecular complexity index is 236. The van der Waals surface area contributed by atoms with E-state index in [9.17, 15) is 0 Å². The number of hydrogen-bond donors (Lipinski definition) is 2. The molecule has 4 nitrogen and oxygen atoms in total.